The molecule has 1 saturated heterocycles. The summed E-state index contributed by atoms with van der Waals surface area (Å²) in [6.45, 7) is 3.15. The molecule has 5 rings (SSSR count). The Morgan fingerprint density at radius 1 is 1.00 bits per heavy atom. The Kier molecular flexibility index (Phi) is 3.72. The minimum absolute atomic E-state index is 0.317. The average molecular weight is 290 g/mol. The lowest BCUT2D eigenvalue weighted by Crippen LogP contribution is -2.51. The van der Waals surface area contributed by atoms with Gasteiger partial charge in [-0.05, 0) is 93.5 Å². The zero-order chi connectivity index (χ0) is 14.3. The Balaban J connectivity index is 1.29. The van der Waals surface area contributed by atoms with Gasteiger partial charge in [-0.15, -0.1) is 0 Å². The van der Waals surface area contributed by atoms with E-state index in [1.165, 1.54) is 51.4 Å². The number of carbonyl (C=O) groups is 1. The van der Waals surface area contributed by atoms with Crippen molar-refractivity contribution in [2.45, 2.75) is 57.8 Å². The van der Waals surface area contributed by atoms with Crippen LogP contribution in [-0.4, -0.2) is 25.5 Å². The molecule has 4 bridgehead atoms. The van der Waals surface area contributed by atoms with Gasteiger partial charge in [-0.3, -0.25) is 4.79 Å². The van der Waals surface area contributed by atoms with E-state index in [1.54, 1.807) is 0 Å². The predicted molar refractivity (Wildman–Crippen MR) is 83.8 cm³/mol. The molecule has 4 saturated carbocycles. The average Bonchev–Trinajstić information content (AvgIpc) is 2.45. The highest BCUT2D eigenvalue weighted by Crippen LogP contribution is 2.59. The number of hydrogen-bond acceptors (Lipinski definition) is 2. The van der Waals surface area contributed by atoms with Crippen LogP contribution in [0.15, 0.2) is 0 Å². The molecule has 0 aromatic rings. The maximum Gasteiger partial charge on any atom is 0.220 e. The molecule has 4 aliphatic carbocycles. The van der Waals surface area contributed by atoms with Crippen LogP contribution in [0.1, 0.15) is 57.8 Å². The van der Waals surface area contributed by atoms with Gasteiger partial charge in [-0.25, -0.2) is 0 Å². The standard InChI is InChI=1S/C18H30N2O/c21-17(8-13-1-3-19-4-2-13)20-12-18-9-14-5-15(10-18)7-16(6-14)11-18/h13-16,19H,1-12H2,(H,20,21). The number of amides is 1. The minimum Gasteiger partial charge on any atom is -0.356 e. The number of carbonyl (C=O) groups excluding carboxylic acids is 1. The van der Waals surface area contributed by atoms with Gasteiger partial charge in [0, 0.05) is 13.0 Å². The normalized spacial score (nSPS) is 42.2. The molecule has 5 aliphatic rings. The fraction of sp³-hybridized carbons (Fsp3) is 0.944. The van der Waals surface area contributed by atoms with Crippen molar-refractivity contribution in [1.82, 2.24) is 10.6 Å². The van der Waals surface area contributed by atoms with Crippen molar-refractivity contribution in [1.29, 1.82) is 0 Å². The molecule has 2 N–H and O–H groups in total. The molecule has 0 radical (unpaired) electrons. The second kappa shape index (κ2) is 5.57. The highest BCUT2D eigenvalue weighted by Gasteiger charge is 2.50. The maximum atomic E-state index is 12.3. The van der Waals surface area contributed by atoms with Gasteiger partial charge in [-0.1, -0.05) is 0 Å². The molecule has 3 heteroatoms. The highest BCUT2D eigenvalue weighted by atomic mass is 16.1. The van der Waals surface area contributed by atoms with Crippen LogP contribution < -0.4 is 10.6 Å². The van der Waals surface area contributed by atoms with E-state index in [2.05, 4.69) is 10.6 Å². The molecule has 0 atom stereocenters. The first-order valence-electron chi connectivity index (χ1n) is 9.18. The van der Waals surface area contributed by atoms with Gasteiger partial charge in [-0.2, -0.15) is 0 Å². The predicted octanol–water partition coefficient (Wildman–Crippen LogP) is 2.71. The summed E-state index contributed by atoms with van der Waals surface area (Å²) >= 11 is 0. The van der Waals surface area contributed by atoms with E-state index >= 15 is 0 Å². The van der Waals surface area contributed by atoms with Crippen molar-refractivity contribution in [3.63, 3.8) is 0 Å². The second-order valence-corrected chi connectivity index (χ2v) is 8.59. The summed E-state index contributed by atoms with van der Waals surface area (Å²) in [5.41, 5.74) is 0.485. The van der Waals surface area contributed by atoms with Crippen LogP contribution in [0.4, 0.5) is 0 Å². The lowest BCUT2D eigenvalue weighted by atomic mass is 9.49. The largest absolute Gasteiger partial charge is 0.356 e. The molecule has 118 valence electrons. The third-order valence-corrected chi connectivity index (χ3v) is 6.76. The lowest BCUT2D eigenvalue weighted by Gasteiger charge is -2.56. The van der Waals surface area contributed by atoms with Gasteiger partial charge in [0.05, 0.1) is 0 Å². The molecular weight excluding hydrogens is 260 g/mol. The van der Waals surface area contributed by atoms with Crippen LogP contribution in [0.25, 0.3) is 0 Å². The van der Waals surface area contributed by atoms with Crippen LogP contribution in [0.2, 0.25) is 0 Å². The number of hydrogen-bond donors (Lipinski definition) is 2. The van der Waals surface area contributed by atoms with Gasteiger partial charge in [0.1, 0.15) is 0 Å². The Morgan fingerprint density at radius 3 is 2.14 bits per heavy atom. The van der Waals surface area contributed by atoms with Crippen LogP contribution in [0.5, 0.6) is 0 Å². The van der Waals surface area contributed by atoms with E-state index in [-0.39, 0.29) is 0 Å². The topological polar surface area (TPSA) is 41.1 Å². The van der Waals surface area contributed by atoms with Crippen molar-refractivity contribution in [3.8, 4) is 0 Å². The summed E-state index contributed by atoms with van der Waals surface area (Å²) in [4.78, 5) is 12.3. The molecule has 5 fully saturated rings. The molecule has 0 spiro atoms. The van der Waals surface area contributed by atoms with E-state index in [0.717, 1.165) is 43.8 Å². The first-order chi connectivity index (χ1) is 10.2. The number of rotatable bonds is 4. The van der Waals surface area contributed by atoms with E-state index in [0.29, 0.717) is 17.2 Å². The molecule has 21 heavy (non-hydrogen) atoms. The van der Waals surface area contributed by atoms with Crippen LogP contribution in [-0.2, 0) is 4.79 Å². The van der Waals surface area contributed by atoms with Crippen LogP contribution in [0.3, 0.4) is 0 Å². The van der Waals surface area contributed by atoms with E-state index in [9.17, 15) is 4.79 Å². The molecule has 1 aliphatic heterocycles. The van der Waals surface area contributed by atoms with Gasteiger partial charge in [0.25, 0.3) is 0 Å². The summed E-state index contributed by atoms with van der Waals surface area (Å²) < 4.78 is 0. The summed E-state index contributed by atoms with van der Waals surface area (Å²) in [5, 5.41) is 6.70. The molecule has 3 nitrogen and oxygen atoms in total. The second-order valence-electron chi connectivity index (χ2n) is 8.59. The zero-order valence-corrected chi connectivity index (χ0v) is 13.2. The monoisotopic (exact) mass is 290 g/mol. The first-order valence-corrected chi connectivity index (χ1v) is 9.18. The zero-order valence-electron chi connectivity index (χ0n) is 13.2. The summed E-state index contributed by atoms with van der Waals surface area (Å²) in [7, 11) is 0. The van der Waals surface area contributed by atoms with Crippen molar-refractivity contribution in [2.24, 2.45) is 29.1 Å². The van der Waals surface area contributed by atoms with E-state index < -0.39 is 0 Å². The van der Waals surface area contributed by atoms with Crippen molar-refractivity contribution >= 4 is 5.91 Å². The minimum atomic E-state index is 0.317. The lowest BCUT2D eigenvalue weighted by molar-refractivity contribution is -0.124. The summed E-state index contributed by atoms with van der Waals surface area (Å²) in [6.07, 6.45) is 11.8. The van der Waals surface area contributed by atoms with Gasteiger partial charge in [0.2, 0.25) is 5.91 Å². The van der Waals surface area contributed by atoms with Crippen LogP contribution >= 0.6 is 0 Å². The fourth-order valence-electron chi connectivity index (χ4n) is 6.21. The van der Waals surface area contributed by atoms with E-state index in [1.807, 2.05) is 0 Å². The Morgan fingerprint density at radius 2 is 1.57 bits per heavy atom. The molecular formula is C18H30N2O. The smallest absolute Gasteiger partial charge is 0.220 e. The quantitative estimate of drug-likeness (QED) is 0.836. The molecule has 0 aromatic carbocycles. The Bertz CT molecular complexity index is 365. The Labute approximate surface area is 128 Å². The van der Waals surface area contributed by atoms with E-state index in [4.69, 9.17) is 0 Å². The van der Waals surface area contributed by atoms with Crippen LogP contribution in [0, 0.1) is 29.1 Å². The third-order valence-electron chi connectivity index (χ3n) is 6.76. The SMILES string of the molecule is O=C(CC1CCNCC1)NCC12CC3CC(CC(C3)C1)C2. The van der Waals surface area contributed by atoms with Gasteiger partial charge >= 0.3 is 0 Å². The van der Waals surface area contributed by atoms with Crippen molar-refractivity contribution in [2.75, 3.05) is 19.6 Å². The van der Waals surface area contributed by atoms with Gasteiger partial charge in [0.15, 0.2) is 0 Å². The highest BCUT2D eigenvalue weighted by molar-refractivity contribution is 5.76. The number of nitrogens with one attached hydrogen (secondary N) is 2. The van der Waals surface area contributed by atoms with Crippen molar-refractivity contribution < 1.29 is 4.79 Å². The maximum absolute atomic E-state index is 12.3. The molecule has 1 heterocycles. The summed E-state index contributed by atoms with van der Waals surface area (Å²) in [6, 6.07) is 0. The molecule has 0 unspecified atom stereocenters. The fourth-order valence-corrected chi connectivity index (χ4v) is 6.21. The third kappa shape index (κ3) is 2.99. The summed E-state index contributed by atoms with van der Waals surface area (Å²) in [5.74, 6) is 3.88. The first kappa shape index (κ1) is 14.0. The molecule has 0 aromatic heterocycles. The van der Waals surface area contributed by atoms with Gasteiger partial charge < -0.3 is 10.6 Å². The molecule has 1 amide bonds. The Hall–Kier alpha value is -0.570. The van der Waals surface area contributed by atoms with Crippen molar-refractivity contribution in [3.05, 3.63) is 0 Å². The number of piperidine rings is 1.